The summed E-state index contributed by atoms with van der Waals surface area (Å²) >= 11 is 0. The first-order valence-electron chi connectivity index (χ1n) is 10.7. The van der Waals surface area contributed by atoms with Crippen molar-refractivity contribution in [2.45, 2.75) is 18.8 Å². The number of hydrogen-bond acceptors (Lipinski definition) is 6. The highest BCUT2D eigenvalue weighted by molar-refractivity contribution is 6.02. The van der Waals surface area contributed by atoms with Crippen LogP contribution in [0.15, 0.2) is 60.9 Å². The van der Waals surface area contributed by atoms with Crippen LogP contribution in [0, 0.1) is 0 Å². The average Bonchev–Trinajstić information content (AvgIpc) is 3.51. The van der Waals surface area contributed by atoms with Gasteiger partial charge in [0.2, 0.25) is 0 Å². The van der Waals surface area contributed by atoms with E-state index in [-0.39, 0.29) is 5.91 Å². The van der Waals surface area contributed by atoms with Crippen molar-refractivity contribution < 1.29 is 4.79 Å². The van der Waals surface area contributed by atoms with Crippen LogP contribution >= 0.6 is 0 Å². The number of nitrogens with one attached hydrogen (secondary N) is 2. The van der Waals surface area contributed by atoms with E-state index >= 15 is 0 Å². The molecule has 0 unspecified atom stereocenters. The first-order valence-corrected chi connectivity index (χ1v) is 10.7. The van der Waals surface area contributed by atoms with Gasteiger partial charge < -0.3 is 10.2 Å². The molecule has 2 N–H and O–H groups in total. The van der Waals surface area contributed by atoms with Crippen LogP contribution in [-0.2, 0) is 0 Å². The Morgan fingerprint density at radius 3 is 2.72 bits per heavy atom. The molecule has 9 heteroatoms. The molecule has 9 nitrogen and oxygen atoms in total. The number of pyridine rings is 2. The largest absolute Gasteiger partial charge is 0.306 e. The van der Waals surface area contributed by atoms with E-state index in [0.29, 0.717) is 28.9 Å². The molecule has 0 spiro atoms. The maximum absolute atomic E-state index is 13.1. The summed E-state index contributed by atoms with van der Waals surface area (Å²) in [6, 6.07) is 14.7. The second-order valence-corrected chi connectivity index (χ2v) is 7.96. The highest BCUT2D eigenvalue weighted by atomic mass is 16.2. The third-order valence-corrected chi connectivity index (χ3v) is 5.73. The second kappa shape index (κ2) is 8.72. The minimum Gasteiger partial charge on any atom is -0.306 e. The zero-order chi connectivity index (χ0) is 21.9. The number of anilines is 1. The van der Waals surface area contributed by atoms with Crippen molar-refractivity contribution in [3.8, 4) is 17.2 Å². The van der Waals surface area contributed by atoms with Crippen molar-refractivity contribution in [3.05, 3.63) is 72.3 Å². The molecule has 5 rings (SSSR count). The van der Waals surface area contributed by atoms with Gasteiger partial charge in [-0.05, 0) is 63.3 Å². The Morgan fingerprint density at radius 1 is 1.09 bits per heavy atom. The van der Waals surface area contributed by atoms with E-state index in [4.69, 9.17) is 5.10 Å². The standard InChI is InChI=1S/C23H24N8O/c1-30-13-9-16(10-14-30)20-15-22(31(29-20)21-7-2-3-11-24-21)27-23(32)19-6-4-5-17(26-19)18-8-12-25-28-18/h2-8,11-12,15-16H,9-10,13-14H2,1H3,(H,25,28)(H,27,32). The van der Waals surface area contributed by atoms with Gasteiger partial charge in [0.25, 0.3) is 5.91 Å². The van der Waals surface area contributed by atoms with Crippen LogP contribution in [0.25, 0.3) is 17.2 Å². The van der Waals surface area contributed by atoms with Crippen molar-refractivity contribution >= 4 is 11.7 Å². The molecule has 0 bridgehead atoms. The quantitative estimate of drug-likeness (QED) is 0.506. The Morgan fingerprint density at radius 2 is 1.97 bits per heavy atom. The lowest BCUT2D eigenvalue weighted by molar-refractivity contribution is 0.102. The zero-order valence-corrected chi connectivity index (χ0v) is 17.8. The van der Waals surface area contributed by atoms with Crippen LogP contribution in [-0.4, -0.2) is 60.9 Å². The number of amides is 1. The number of nitrogens with zero attached hydrogens (tertiary/aromatic N) is 6. The molecule has 32 heavy (non-hydrogen) atoms. The molecule has 0 radical (unpaired) electrons. The molecular weight excluding hydrogens is 404 g/mol. The van der Waals surface area contributed by atoms with Gasteiger partial charge in [-0.15, -0.1) is 0 Å². The molecule has 0 saturated carbocycles. The fourth-order valence-corrected chi connectivity index (χ4v) is 3.94. The maximum atomic E-state index is 13.1. The van der Waals surface area contributed by atoms with Crippen LogP contribution in [0.2, 0.25) is 0 Å². The van der Waals surface area contributed by atoms with Gasteiger partial charge in [-0.25, -0.2) is 9.97 Å². The topological polar surface area (TPSA) is 105 Å². The molecule has 5 heterocycles. The van der Waals surface area contributed by atoms with E-state index in [9.17, 15) is 4.79 Å². The summed E-state index contributed by atoms with van der Waals surface area (Å²) in [5.74, 6) is 1.28. The van der Waals surface area contributed by atoms with Gasteiger partial charge >= 0.3 is 0 Å². The molecular formula is C23H24N8O. The van der Waals surface area contributed by atoms with E-state index in [2.05, 4.69) is 37.4 Å². The Bertz CT molecular complexity index is 1190. The summed E-state index contributed by atoms with van der Waals surface area (Å²) < 4.78 is 1.70. The summed E-state index contributed by atoms with van der Waals surface area (Å²) in [6.45, 7) is 2.07. The molecule has 1 saturated heterocycles. The Labute approximate surface area is 185 Å². The lowest BCUT2D eigenvalue weighted by Crippen LogP contribution is -2.29. The maximum Gasteiger partial charge on any atom is 0.275 e. The van der Waals surface area contributed by atoms with E-state index in [1.165, 1.54) is 0 Å². The van der Waals surface area contributed by atoms with Crippen LogP contribution < -0.4 is 5.32 Å². The smallest absolute Gasteiger partial charge is 0.275 e. The van der Waals surface area contributed by atoms with Gasteiger partial charge in [-0.2, -0.15) is 14.9 Å². The van der Waals surface area contributed by atoms with Crippen molar-refractivity contribution in [2.24, 2.45) is 0 Å². The van der Waals surface area contributed by atoms with Crippen molar-refractivity contribution in [1.82, 2.24) is 34.8 Å². The van der Waals surface area contributed by atoms with Gasteiger partial charge in [0.05, 0.1) is 17.1 Å². The number of likely N-dealkylation sites (tertiary alicyclic amines) is 1. The van der Waals surface area contributed by atoms with E-state index in [0.717, 1.165) is 37.3 Å². The summed E-state index contributed by atoms with van der Waals surface area (Å²) in [5.41, 5.74) is 2.69. The lowest BCUT2D eigenvalue weighted by atomic mass is 9.94. The fourth-order valence-electron chi connectivity index (χ4n) is 3.94. The molecule has 162 valence electrons. The van der Waals surface area contributed by atoms with Gasteiger partial charge in [0.15, 0.2) is 5.82 Å². The summed E-state index contributed by atoms with van der Waals surface area (Å²) in [5, 5.41) is 14.6. The third kappa shape index (κ3) is 4.15. The Kier molecular flexibility index (Phi) is 5.47. The van der Waals surface area contributed by atoms with Gasteiger partial charge in [-0.3, -0.25) is 9.89 Å². The average molecular weight is 429 g/mol. The predicted octanol–water partition coefficient (Wildman–Crippen LogP) is 3.11. The van der Waals surface area contributed by atoms with Crippen LogP contribution in [0.1, 0.15) is 34.9 Å². The molecule has 4 aromatic rings. The number of H-pyrrole nitrogens is 1. The predicted molar refractivity (Wildman–Crippen MR) is 121 cm³/mol. The number of piperidine rings is 1. The van der Waals surface area contributed by atoms with Gasteiger partial charge in [-0.1, -0.05) is 12.1 Å². The number of aromatic nitrogens is 6. The highest BCUT2D eigenvalue weighted by Crippen LogP contribution is 2.29. The zero-order valence-electron chi connectivity index (χ0n) is 17.8. The highest BCUT2D eigenvalue weighted by Gasteiger charge is 2.24. The Hall–Kier alpha value is -3.85. The Balaban J connectivity index is 1.44. The number of hydrogen-bond donors (Lipinski definition) is 2. The molecule has 0 atom stereocenters. The fraction of sp³-hybridized carbons (Fsp3) is 0.261. The number of carbonyl (C=O) groups is 1. The molecule has 0 aromatic carbocycles. The molecule has 4 aromatic heterocycles. The number of carbonyl (C=O) groups excluding carboxylic acids is 1. The summed E-state index contributed by atoms with van der Waals surface area (Å²) in [6.07, 6.45) is 5.45. The van der Waals surface area contributed by atoms with Gasteiger partial charge in [0, 0.05) is 24.4 Å². The first-order chi connectivity index (χ1) is 15.7. The number of aromatic amines is 1. The van der Waals surface area contributed by atoms with Crippen molar-refractivity contribution in [2.75, 3.05) is 25.5 Å². The summed E-state index contributed by atoms with van der Waals surface area (Å²) in [4.78, 5) is 24.3. The molecule has 1 aliphatic heterocycles. The monoisotopic (exact) mass is 428 g/mol. The third-order valence-electron chi connectivity index (χ3n) is 5.73. The lowest BCUT2D eigenvalue weighted by Gasteiger charge is -2.27. The molecule has 0 aliphatic carbocycles. The van der Waals surface area contributed by atoms with Crippen molar-refractivity contribution in [3.63, 3.8) is 0 Å². The number of rotatable bonds is 5. The summed E-state index contributed by atoms with van der Waals surface area (Å²) in [7, 11) is 2.14. The van der Waals surface area contributed by atoms with Crippen LogP contribution in [0.5, 0.6) is 0 Å². The first kappa shape index (κ1) is 20.1. The molecule has 1 fully saturated rings. The molecule has 1 amide bonds. The van der Waals surface area contributed by atoms with Crippen LogP contribution in [0.4, 0.5) is 5.82 Å². The van der Waals surface area contributed by atoms with E-state index < -0.39 is 0 Å². The SMILES string of the molecule is CN1CCC(c2cc(NC(=O)c3cccc(-c4ccn[nH]4)n3)n(-c3ccccn3)n2)CC1. The molecule has 1 aliphatic rings. The van der Waals surface area contributed by atoms with E-state index in [1.807, 2.05) is 36.4 Å². The minimum absolute atomic E-state index is 0.307. The second-order valence-electron chi connectivity index (χ2n) is 7.96. The minimum atomic E-state index is -0.307. The normalized spacial score (nSPS) is 15.0. The van der Waals surface area contributed by atoms with Crippen molar-refractivity contribution in [1.29, 1.82) is 0 Å². The van der Waals surface area contributed by atoms with E-state index in [1.54, 1.807) is 29.2 Å². The van der Waals surface area contributed by atoms with Crippen LogP contribution in [0.3, 0.4) is 0 Å². The van der Waals surface area contributed by atoms with Gasteiger partial charge in [0.1, 0.15) is 11.5 Å².